The van der Waals surface area contributed by atoms with Crippen LogP contribution in [0.5, 0.6) is 0 Å². The first-order valence-electron chi connectivity index (χ1n) is 5.86. The summed E-state index contributed by atoms with van der Waals surface area (Å²) in [7, 11) is 1.66. The summed E-state index contributed by atoms with van der Waals surface area (Å²) < 4.78 is 10.8. The highest BCUT2D eigenvalue weighted by Gasteiger charge is 2.13. The molecule has 0 rings (SSSR count). The van der Waals surface area contributed by atoms with E-state index in [4.69, 9.17) is 20.1 Å². The van der Waals surface area contributed by atoms with Crippen LogP contribution in [-0.2, 0) is 9.47 Å². The summed E-state index contributed by atoms with van der Waals surface area (Å²) in [5.41, 5.74) is 2.17. The van der Waals surface area contributed by atoms with Gasteiger partial charge in [-0.05, 0) is 19.3 Å². The average Bonchev–Trinajstić information content (AvgIpc) is 2.35. The van der Waals surface area contributed by atoms with Crippen LogP contribution < -0.4 is 5.48 Å². The Bertz CT molecular complexity index is 254. The normalized spacial score (nSPS) is 15.8. The lowest BCUT2D eigenvalue weighted by atomic mass is 10.0. The van der Waals surface area contributed by atoms with Gasteiger partial charge in [-0.15, -0.1) is 0 Å². The third kappa shape index (κ3) is 6.28. The molecule has 0 saturated carbocycles. The van der Waals surface area contributed by atoms with E-state index in [2.05, 4.69) is 13.8 Å². The first-order valence-corrected chi connectivity index (χ1v) is 5.86. The highest BCUT2D eigenvalue weighted by atomic mass is 16.5. The SMILES string of the molecule is CCC(C)CC(CO/C(C)=C(/C=N)NO)OC. The van der Waals surface area contributed by atoms with Crippen molar-refractivity contribution in [1.82, 2.24) is 5.48 Å². The number of allylic oxidation sites excluding steroid dienone is 2. The zero-order valence-electron chi connectivity index (χ0n) is 11.1. The summed E-state index contributed by atoms with van der Waals surface area (Å²) in [6.45, 7) is 6.44. The van der Waals surface area contributed by atoms with E-state index in [1.165, 1.54) is 0 Å². The third-order valence-corrected chi connectivity index (χ3v) is 2.83. The Kier molecular flexibility index (Phi) is 8.44. The maximum atomic E-state index is 8.73. The summed E-state index contributed by atoms with van der Waals surface area (Å²) in [6.07, 6.45) is 3.09. The summed E-state index contributed by atoms with van der Waals surface area (Å²) in [4.78, 5) is 0. The molecule has 17 heavy (non-hydrogen) atoms. The number of hydroxylamine groups is 1. The standard InChI is InChI=1S/C12H24N2O3/c1-5-9(2)6-11(16-4)8-17-10(3)12(7-13)14-15/h7,9,11,13-15H,5-6,8H2,1-4H3/b12-10-,13-7?. The van der Waals surface area contributed by atoms with E-state index in [1.54, 1.807) is 14.0 Å². The molecule has 0 amide bonds. The molecule has 0 aliphatic carbocycles. The summed E-state index contributed by atoms with van der Waals surface area (Å²) >= 11 is 0. The molecule has 0 radical (unpaired) electrons. The first kappa shape index (κ1) is 15.9. The van der Waals surface area contributed by atoms with E-state index in [-0.39, 0.29) is 11.8 Å². The molecule has 0 aromatic carbocycles. The number of rotatable bonds is 9. The fourth-order valence-electron chi connectivity index (χ4n) is 1.36. The van der Waals surface area contributed by atoms with Gasteiger partial charge in [0.1, 0.15) is 18.1 Å². The predicted molar refractivity (Wildman–Crippen MR) is 67.2 cm³/mol. The minimum absolute atomic E-state index is 0.0329. The highest BCUT2D eigenvalue weighted by molar-refractivity contribution is 5.74. The first-order chi connectivity index (χ1) is 8.08. The van der Waals surface area contributed by atoms with Crippen molar-refractivity contribution in [2.75, 3.05) is 13.7 Å². The molecule has 5 heteroatoms. The summed E-state index contributed by atoms with van der Waals surface area (Å²) in [6, 6.07) is 0. The molecular weight excluding hydrogens is 220 g/mol. The van der Waals surface area contributed by atoms with E-state index in [0.717, 1.165) is 19.1 Å². The van der Waals surface area contributed by atoms with E-state index >= 15 is 0 Å². The molecule has 0 aromatic heterocycles. The lowest BCUT2D eigenvalue weighted by Crippen LogP contribution is -2.22. The lowest BCUT2D eigenvalue weighted by Gasteiger charge is -2.20. The molecule has 3 N–H and O–H groups in total. The van der Waals surface area contributed by atoms with Gasteiger partial charge in [-0.1, -0.05) is 20.3 Å². The molecule has 100 valence electrons. The van der Waals surface area contributed by atoms with Gasteiger partial charge in [-0.3, -0.25) is 10.7 Å². The Morgan fingerprint density at radius 3 is 2.59 bits per heavy atom. The Labute approximate surface area is 103 Å². The van der Waals surface area contributed by atoms with E-state index < -0.39 is 0 Å². The zero-order chi connectivity index (χ0) is 13.3. The summed E-state index contributed by atoms with van der Waals surface area (Å²) in [5, 5.41) is 15.8. The summed E-state index contributed by atoms with van der Waals surface area (Å²) in [5.74, 6) is 1.07. The molecule has 0 spiro atoms. The highest BCUT2D eigenvalue weighted by Crippen LogP contribution is 2.13. The predicted octanol–water partition coefficient (Wildman–Crippen LogP) is 2.31. The zero-order valence-corrected chi connectivity index (χ0v) is 11.1. The Balaban J connectivity index is 4.22. The average molecular weight is 244 g/mol. The molecular formula is C12H24N2O3. The second-order valence-electron chi connectivity index (χ2n) is 4.14. The fourth-order valence-corrected chi connectivity index (χ4v) is 1.36. The van der Waals surface area contributed by atoms with Crippen LogP contribution in [0.15, 0.2) is 11.5 Å². The molecule has 0 bridgehead atoms. The van der Waals surface area contributed by atoms with Crippen LogP contribution in [0.4, 0.5) is 0 Å². The number of nitrogens with one attached hydrogen (secondary N) is 2. The van der Waals surface area contributed by atoms with Crippen molar-refractivity contribution in [3.05, 3.63) is 11.5 Å². The molecule has 0 aromatic rings. The van der Waals surface area contributed by atoms with E-state index in [1.807, 2.05) is 5.48 Å². The Morgan fingerprint density at radius 1 is 1.53 bits per heavy atom. The van der Waals surface area contributed by atoms with Gasteiger partial charge in [0.15, 0.2) is 0 Å². The number of hydrogen-bond donors (Lipinski definition) is 3. The maximum absolute atomic E-state index is 8.73. The van der Waals surface area contributed by atoms with Gasteiger partial charge in [0.2, 0.25) is 0 Å². The Morgan fingerprint density at radius 2 is 2.18 bits per heavy atom. The molecule has 2 atom stereocenters. The van der Waals surface area contributed by atoms with Crippen LogP contribution in [0, 0.1) is 11.3 Å². The smallest absolute Gasteiger partial charge is 0.120 e. The molecule has 0 heterocycles. The van der Waals surface area contributed by atoms with Crippen molar-refractivity contribution in [1.29, 1.82) is 5.41 Å². The van der Waals surface area contributed by atoms with E-state index in [0.29, 0.717) is 18.3 Å². The van der Waals surface area contributed by atoms with Crippen LogP contribution >= 0.6 is 0 Å². The van der Waals surface area contributed by atoms with Gasteiger partial charge < -0.3 is 14.9 Å². The van der Waals surface area contributed by atoms with Crippen LogP contribution in [-0.4, -0.2) is 31.2 Å². The number of methoxy groups -OCH3 is 1. The third-order valence-electron chi connectivity index (χ3n) is 2.83. The second-order valence-corrected chi connectivity index (χ2v) is 4.14. The van der Waals surface area contributed by atoms with Crippen molar-refractivity contribution in [2.24, 2.45) is 5.92 Å². The molecule has 0 fully saturated rings. The van der Waals surface area contributed by atoms with Gasteiger partial charge in [-0.2, -0.15) is 0 Å². The molecule has 0 saturated heterocycles. The quantitative estimate of drug-likeness (QED) is 0.330. The van der Waals surface area contributed by atoms with Crippen molar-refractivity contribution in [3.8, 4) is 0 Å². The van der Waals surface area contributed by atoms with Gasteiger partial charge in [-0.25, -0.2) is 0 Å². The molecule has 0 aliphatic heterocycles. The van der Waals surface area contributed by atoms with Gasteiger partial charge in [0.05, 0.1) is 6.10 Å². The van der Waals surface area contributed by atoms with Crippen molar-refractivity contribution in [2.45, 2.75) is 39.7 Å². The lowest BCUT2D eigenvalue weighted by molar-refractivity contribution is 0.0181. The Hall–Kier alpha value is -1.07. The van der Waals surface area contributed by atoms with Crippen LogP contribution in [0.1, 0.15) is 33.6 Å². The monoisotopic (exact) mass is 244 g/mol. The van der Waals surface area contributed by atoms with Crippen LogP contribution in [0.2, 0.25) is 0 Å². The van der Waals surface area contributed by atoms with Crippen LogP contribution in [0.25, 0.3) is 0 Å². The largest absolute Gasteiger partial charge is 0.493 e. The minimum atomic E-state index is 0.0329. The van der Waals surface area contributed by atoms with Gasteiger partial charge >= 0.3 is 0 Å². The maximum Gasteiger partial charge on any atom is 0.120 e. The van der Waals surface area contributed by atoms with E-state index in [9.17, 15) is 0 Å². The fraction of sp³-hybridized carbons (Fsp3) is 0.750. The molecule has 2 unspecified atom stereocenters. The number of ether oxygens (including phenoxy) is 2. The second kappa shape index (κ2) is 9.01. The van der Waals surface area contributed by atoms with Gasteiger partial charge in [0, 0.05) is 13.3 Å². The van der Waals surface area contributed by atoms with Crippen molar-refractivity contribution >= 4 is 6.21 Å². The van der Waals surface area contributed by atoms with Crippen LogP contribution in [0.3, 0.4) is 0 Å². The molecule has 5 nitrogen and oxygen atoms in total. The molecule has 0 aliphatic rings. The van der Waals surface area contributed by atoms with Gasteiger partial charge in [0.25, 0.3) is 0 Å². The van der Waals surface area contributed by atoms with Crippen molar-refractivity contribution in [3.63, 3.8) is 0 Å². The van der Waals surface area contributed by atoms with Crippen molar-refractivity contribution < 1.29 is 14.7 Å². The minimum Gasteiger partial charge on any atom is -0.493 e. The number of hydrogen-bond acceptors (Lipinski definition) is 5. The topological polar surface area (TPSA) is 74.6 Å².